The Morgan fingerprint density at radius 3 is 1.66 bits per heavy atom. The Balaban J connectivity index is 3.36. The SMILES string of the molecule is CC(C)C[C@H](NC(=O)CN)C(=O)N[C@@H](CCCN=C(N)N)C(=O)N[C@@H](CC(C)C)C(=O)N[C@@H](Cc1ccc(O)cc1)C(=O)N[C@@H](CO)C(=O)O. The minimum Gasteiger partial charge on any atom is -0.508 e. The van der Waals surface area contributed by atoms with E-state index in [-0.39, 0.29) is 68.7 Å². The Labute approximate surface area is 291 Å². The summed E-state index contributed by atoms with van der Waals surface area (Å²) in [6.45, 7) is 6.19. The zero-order valence-corrected chi connectivity index (χ0v) is 29.0. The molecule has 0 saturated carbocycles. The van der Waals surface area contributed by atoms with E-state index in [1.165, 1.54) is 24.3 Å². The van der Waals surface area contributed by atoms with Crippen LogP contribution in [0.3, 0.4) is 0 Å². The third-order valence-electron chi connectivity index (χ3n) is 7.27. The minimum atomic E-state index is -1.65. The van der Waals surface area contributed by atoms with Crippen molar-refractivity contribution >= 4 is 41.5 Å². The molecule has 0 spiro atoms. The number of amides is 5. The van der Waals surface area contributed by atoms with Gasteiger partial charge in [-0.25, -0.2) is 4.79 Å². The lowest BCUT2D eigenvalue weighted by Crippen LogP contribution is -2.59. The molecule has 1 aromatic rings. The van der Waals surface area contributed by atoms with Gasteiger partial charge in [-0.05, 0) is 55.2 Å². The van der Waals surface area contributed by atoms with Crippen LogP contribution in [-0.2, 0) is 35.2 Å². The molecule has 0 aromatic heterocycles. The molecule has 0 saturated heterocycles. The number of phenols is 1. The van der Waals surface area contributed by atoms with Crippen LogP contribution in [0.2, 0.25) is 0 Å². The highest BCUT2D eigenvalue weighted by atomic mass is 16.4. The number of hydrogen-bond donors (Lipinski definition) is 11. The van der Waals surface area contributed by atoms with Crippen molar-refractivity contribution < 1.29 is 44.1 Å². The van der Waals surface area contributed by atoms with E-state index >= 15 is 0 Å². The molecule has 5 atom stereocenters. The number of carboxylic acids is 1. The summed E-state index contributed by atoms with van der Waals surface area (Å²) in [5, 5.41) is 41.1. The number of aromatic hydroxyl groups is 1. The molecular weight excluding hydrogens is 654 g/mol. The van der Waals surface area contributed by atoms with Gasteiger partial charge in [0.1, 0.15) is 36.0 Å². The number of nitrogens with zero attached hydrogens (tertiary/aromatic N) is 1. The fourth-order valence-corrected chi connectivity index (χ4v) is 4.78. The van der Waals surface area contributed by atoms with Crippen LogP contribution in [0, 0.1) is 11.8 Å². The third-order valence-corrected chi connectivity index (χ3v) is 7.27. The summed E-state index contributed by atoms with van der Waals surface area (Å²) in [5.74, 6) is -5.47. The van der Waals surface area contributed by atoms with Crippen molar-refractivity contribution in [3.8, 4) is 5.75 Å². The second-order valence-corrected chi connectivity index (χ2v) is 12.7. The third kappa shape index (κ3) is 16.4. The zero-order valence-electron chi connectivity index (χ0n) is 29.0. The molecule has 0 bridgehead atoms. The lowest BCUT2D eigenvalue weighted by Gasteiger charge is -2.28. The minimum absolute atomic E-state index is 0.00744. The molecule has 18 heteroatoms. The number of nitrogens with two attached hydrogens (primary N) is 3. The van der Waals surface area contributed by atoms with E-state index in [0.717, 1.165) is 0 Å². The van der Waals surface area contributed by atoms with Gasteiger partial charge in [-0.15, -0.1) is 0 Å². The average Bonchev–Trinajstić information content (AvgIpc) is 3.03. The topological polar surface area (TPSA) is 314 Å². The predicted molar refractivity (Wildman–Crippen MR) is 184 cm³/mol. The number of guanidine groups is 1. The molecule has 18 nitrogen and oxygen atoms in total. The Morgan fingerprint density at radius 2 is 1.18 bits per heavy atom. The Hall–Kier alpha value is -4.97. The number of carboxylic acid groups (broad SMARTS) is 1. The molecule has 0 heterocycles. The van der Waals surface area contributed by atoms with Gasteiger partial charge in [0.05, 0.1) is 13.2 Å². The molecule has 0 radical (unpaired) electrons. The summed E-state index contributed by atoms with van der Waals surface area (Å²) >= 11 is 0. The van der Waals surface area contributed by atoms with Gasteiger partial charge in [0.2, 0.25) is 29.5 Å². The molecule has 5 amide bonds. The number of aliphatic hydroxyl groups is 1. The summed E-state index contributed by atoms with van der Waals surface area (Å²) < 4.78 is 0. The quantitative estimate of drug-likeness (QED) is 0.0340. The Bertz CT molecular complexity index is 1320. The van der Waals surface area contributed by atoms with Gasteiger partial charge in [-0.2, -0.15) is 0 Å². The lowest BCUT2D eigenvalue weighted by atomic mass is 9.99. The van der Waals surface area contributed by atoms with E-state index in [2.05, 4.69) is 31.6 Å². The second kappa shape index (κ2) is 21.9. The van der Waals surface area contributed by atoms with Gasteiger partial charge in [-0.1, -0.05) is 39.8 Å². The number of aliphatic hydroxyl groups excluding tert-OH is 1. The lowest BCUT2D eigenvalue weighted by molar-refractivity contribution is -0.143. The van der Waals surface area contributed by atoms with Gasteiger partial charge in [-0.3, -0.25) is 29.0 Å². The van der Waals surface area contributed by atoms with Crippen LogP contribution in [0.5, 0.6) is 5.75 Å². The second-order valence-electron chi connectivity index (χ2n) is 12.7. The van der Waals surface area contributed by atoms with Gasteiger partial charge < -0.3 is 59.1 Å². The van der Waals surface area contributed by atoms with Crippen molar-refractivity contribution in [2.45, 2.75) is 90.0 Å². The number of carbonyl (C=O) groups excluding carboxylic acids is 5. The van der Waals surface area contributed by atoms with Crippen LogP contribution < -0.4 is 43.8 Å². The van der Waals surface area contributed by atoms with Crippen LogP contribution in [-0.4, -0.2) is 107 Å². The number of nitrogens with one attached hydrogen (secondary N) is 5. The highest BCUT2D eigenvalue weighted by molar-refractivity contribution is 5.96. The van der Waals surface area contributed by atoms with Crippen molar-refractivity contribution in [2.24, 2.45) is 34.0 Å². The Kier molecular flexibility index (Phi) is 18.8. The van der Waals surface area contributed by atoms with Gasteiger partial charge in [0.15, 0.2) is 5.96 Å². The highest BCUT2D eigenvalue weighted by Gasteiger charge is 2.33. The summed E-state index contributed by atoms with van der Waals surface area (Å²) in [7, 11) is 0. The van der Waals surface area contributed by atoms with E-state index in [1.807, 2.05) is 13.8 Å². The molecular formula is C32H53N9O9. The van der Waals surface area contributed by atoms with Crippen molar-refractivity contribution in [1.82, 2.24) is 26.6 Å². The number of aliphatic imine (C=N–C) groups is 1. The molecule has 50 heavy (non-hydrogen) atoms. The van der Waals surface area contributed by atoms with Crippen LogP contribution in [0.25, 0.3) is 0 Å². The van der Waals surface area contributed by atoms with Crippen LogP contribution in [0.1, 0.15) is 58.9 Å². The predicted octanol–water partition coefficient (Wildman–Crippen LogP) is -2.46. The number of rotatable bonds is 22. The first-order valence-electron chi connectivity index (χ1n) is 16.3. The number of hydrogen-bond acceptors (Lipinski definition) is 10. The first-order valence-corrected chi connectivity index (χ1v) is 16.3. The first kappa shape index (κ1) is 43.1. The smallest absolute Gasteiger partial charge is 0.328 e. The molecule has 14 N–H and O–H groups in total. The summed E-state index contributed by atoms with van der Waals surface area (Å²) in [6.07, 6.45) is 0.532. The Morgan fingerprint density at radius 1 is 0.720 bits per heavy atom. The number of carbonyl (C=O) groups is 6. The molecule has 1 rings (SSSR count). The maximum atomic E-state index is 13.7. The maximum Gasteiger partial charge on any atom is 0.328 e. The summed E-state index contributed by atoms with van der Waals surface area (Å²) in [4.78, 5) is 81.4. The summed E-state index contributed by atoms with van der Waals surface area (Å²) in [6, 6.07) is -0.654. The molecule has 0 aliphatic carbocycles. The average molecular weight is 708 g/mol. The van der Waals surface area contributed by atoms with Crippen molar-refractivity contribution in [1.29, 1.82) is 0 Å². The maximum absolute atomic E-state index is 13.7. The van der Waals surface area contributed by atoms with Crippen LogP contribution in [0.4, 0.5) is 0 Å². The first-order chi connectivity index (χ1) is 23.5. The van der Waals surface area contributed by atoms with E-state index in [0.29, 0.717) is 5.56 Å². The zero-order chi connectivity index (χ0) is 38.0. The van der Waals surface area contributed by atoms with Crippen LogP contribution in [0.15, 0.2) is 29.3 Å². The number of benzene rings is 1. The fourth-order valence-electron chi connectivity index (χ4n) is 4.78. The van der Waals surface area contributed by atoms with Crippen molar-refractivity contribution in [3.05, 3.63) is 29.8 Å². The standard InChI is InChI=1S/C32H53N9O9/c1-17(2)12-22(37-26(44)15-33)28(46)38-21(6-5-11-36-32(34)35)27(45)39-23(13-18(3)4)29(47)40-24(14-19-7-9-20(43)10-8-19)30(48)41-25(16-42)31(49)50/h7-10,17-18,21-25,42-43H,5-6,11-16,33H2,1-4H3,(H,37,44)(H,38,46)(H,39,45)(H,40,47)(H,41,48)(H,49,50)(H4,34,35,36)/t21-,22-,23-,24-,25-/m0/s1. The molecule has 0 aliphatic heterocycles. The van der Waals surface area contributed by atoms with Gasteiger partial charge in [0, 0.05) is 13.0 Å². The van der Waals surface area contributed by atoms with E-state index < -0.39 is 72.3 Å². The van der Waals surface area contributed by atoms with Crippen molar-refractivity contribution in [3.63, 3.8) is 0 Å². The highest BCUT2D eigenvalue weighted by Crippen LogP contribution is 2.13. The number of phenolic OH excluding ortho intramolecular Hbond substituents is 1. The van der Waals surface area contributed by atoms with Crippen LogP contribution >= 0.6 is 0 Å². The number of aliphatic carboxylic acids is 1. The van der Waals surface area contributed by atoms with E-state index in [1.54, 1.807) is 13.8 Å². The monoisotopic (exact) mass is 707 g/mol. The largest absolute Gasteiger partial charge is 0.508 e. The normalized spacial score (nSPS) is 14.0. The van der Waals surface area contributed by atoms with Gasteiger partial charge >= 0.3 is 5.97 Å². The molecule has 0 fully saturated rings. The fraction of sp³-hybridized carbons (Fsp3) is 0.594. The molecule has 280 valence electrons. The molecule has 0 unspecified atom stereocenters. The van der Waals surface area contributed by atoms with Crippen molar-refractivity contribution in [2.75, 3.05) is 19.7 Å². The molecule has 0 aliphatic rings. The molecule has 1 aromatic carbocycles. The van der Waals surface area contributed by atoms with Gasteiger partial charge in [0.25, 0.3) is 0 Å². The summed E-state index contributed by atoms with van der Waals surface area (Å²) in [5.41, 5.74) is 16.7. The van der Waals surface area contributed by atoms with E-state index in [9.17, 15) is 44.1 Å². The van der Waals surface area contributed by atoms with E-state index in [4.69, 9.17) is 17.2 Å².